The van der Waals surface area contributed by atoms with Crippen molar-refractivity contribution in [2.24, 2.45) is 0 Å². The topological polar surface area (TPSA) is 60.0 Å². The molecule has 0 fully saturated rings. The quantitative estimate of drug-likeness (QED) is 0.744. The lowest BCUT2D eigenvalue weighted by atomic mass is 10.2. The minimum Gasteiger partial charge on any atom is -0.418 e. The van der Waals surface area contributed by atoms with Crippen LogP contribution < -0.4 is 0 Å². The van der Waals surface area contributed by atoms with Crippen LogP contribution in [-0.2, 0) is 13.1 Å². The predicted molar refractivity (Wildman–Crippen MR) is 78.7 cm³/mol. The molecule has 0 aliphatic carbocycles. The van der Waals surface area contributed by atoms with Crippen LogP contribution in [0.15, 0.2) is 34.3 Å². The van der Waals surface area contributed by atoms with Gasteiger partial charge in [-0.15, -0.1) is 21.5 Å². The lowest BCUT2D eigenvalue weighted by Crippen LogP contribution is -2.35. The van der Waals surface area contributed by atoms with Gasteiger partial charge < -0.3 is 8.98 Å². The zero-order valence-corrected chi connectivity index (χ0v) is 12.5. The molecule has 6 nitrogen and oxygen atoms in total. The molecule has 108 valence electrons. The van der Waals surface area contributed by atoms with Gasteiger partial charge in [-0.3, -0.25) is 4.90 Å². The second-order valence-corrected chi connectivity index (χ2v) is 6.05. The van der Waals surface area contributed by atoms with Gasteiger partial charge in [-0.2, -0.15) is 0 Å². The summed E-state index contributed by atoms with van der Waals surface area (Å²) in [7, 11) is 0. The second kappa shape index (κ2) is 5.09. The number of hydrogen-bond acceptors (Lipinski definition) is 6. The van der Waals surface area contributed by atoms with Gasteiger partial charge in [0.1, 0.15) is 5.82 Å². The molecule has 0 bridgehead atoms. The summed E-state index contributed by atoms with van der Waals surface area (Å²) in [5.41, 5.74) is 0. The summed E-state index contributed by atoms with van der Waals surface area (Å²) in [6.45, 7) is 4.82. The summed E-state index contributed by atoms with van der Waals surface area (Å²) in [5.74, 6) is 2.36. The SMILES string of the molecule is C[C@@H](c1nnc(-c2cccs2)o1)N1CCn2ccnc2C1. The third-order valence-corrected chi connectivity index (χ3v) is 4.71. The summed E-state index contributed by atoms with van der Waals surface area (Å²) in [6, 6.07) is 4.07. The van der Waals surface area contributed by atoms with Crippen LogP contribution in [0.1, 0.15) is 24.7 Å². The zero-order chi connectivity index (χ0) is 14.2. The summed E-state index contributed by atoms with van der Waals surface area (Å²) in [4.78, 5) is 7.71. The highest BCUT2D eigenvalue weighted by atomic mass is 32.1. The predicted octanol–water partition coefficient (Wildman–Crippen LogP) is 2.57. The van der Waals surface area contributed by atoms with Crippen LogP contribution in [0.2, 0.25) is 0 Å². The van der Waals surface area contributed by atoms with E-state index in [2.05, 4.69) is 31.6 Å². The van der Waals surface area contributed by atoms with E-state index in [9.17, 15) is 0 Å². The number of hydrogen-bond donors (Lipinski definition) is 0. The van der Waals surface area contributed by atoms with E-state index < -0.39 is 0 Å². The Morgan fingerprint density at radius 3 is 3.14 bits per heavy atom. The van der Waals surface area contributed by atoms with Gasteiger partial charge in [0.25, 0.3) is 5.89 Å². The fourth-order valence-corrected chi connectivity index (χ4v) is 3.23. The fourth-order valence-electron chi connectivity index (χ4n) is 2.58. The maximum Gasteiger partial charge on any atom is 0.257 e. The Kier molecular flexibility index (Phi) is 3.08. The van der Waals surface area contributed by atoms with Crippen molar-refractivity contribution < 1.29 is 4.42 Å². The van der Waals surface area contributed by atoms with Crippen molar-refractivity contribution in [3.05, 3.63) is 41.6 Å². The number of aromatic nitrogens is 4. The number of imidazole rings is 1. The molecule has 4 heterocycles. The maximum atomic E-state index is 5.83. The lowest BCUT2D eigenvalue weighted by molar-refractivity contribution is 0.143. The molecule has 21 heavy (non-hydrogen) atoms. The van der Waals surface area contributed by atoms with Crippen LogP contribution >= 0.6 is 11.3 Å². The van der Waals surface area contributed by atoms with Crippen LogP contribution in [0.25, 0.3) is 10.8 Å². The Morgan fingerprint density at radius 2 is 2.29 bits per heavy atom. The van der Waals surface area contributed by atoms with Crippen LogP contribution in [0.5, 0.6) is 0 Å². The van der Waals surface area contributed by atoms with Gasteiger partial charge in [-0.25, -0.2) is 4.98 Å². The molecule has 0 spiro atoms. The standard InChI is InChI=1S/C14H15N5OS/c1-10(19-7-6-18-5-4-15-12(18)9-19)13-16-17-14(20-13)11-3-2-8-21-11/h2-5,8,10H,6-7,9H2,1H3/t10-/m0/s1. The Hall–Kier alpha value is -1.99. The van der Waals surface area contributed by atoms with Gasteiger partial charge in [-0.05, 0) is 18.4 Å². The Bertz CT molecular complexity index is 732. The number of thiophene rings is 1. The molecule has 0 radical (unpaired) electrons. The summed E-state index contributed by atoms with van der Waals surface area (Å²) >= 11 is 1.61. The molecule has 1 aliphatic heterocycles. The van der Waals surface area contributed by atoms with Crippen molar-refractivity contribution >= 4 is 11.3 Å². The van der Waals surface area contributed by atoms with Crippen LogP contribution in [0.4, 0.5) is 0 Å². The Balaban J connectivity index is 1.54. The molecule has 0 saturated heterocycles. The minimum absolute atomic E-state index is 0.0941. The highest BCUT2D eigenvalue weighted by Gasteiger charge is 2.26. The normalized spacial score (nSPS) is 16.8. The van der Waals surface area contributed by atoms with E-state index in [4.69, 9.17) is 4.42 Å². The first-order valence-electron chi connectivity index (χ1n) is 6.92. The first-order valence-corrected chi connectivity index (χ1v) is 7.80. The average Bonchev–Trinajstić information content (AvgIpc) is 3.24. The molecule has 3 aromatic heterocycles. The summed E-state index contributed by atoms with van der Waals surface area (Å²) in [6.07, 6.45) is 3.88. The van der Waals surface area contributed by atoms with Crippen molar-refractivity contribution in [2.75, 3.05) is 6.54 Å². The molecule has 1 aliphatic rings. The molecule has 0 saturated carbocycles. The van der Waals surface area contributed by atoms with Gasteiger partial charge in [0.2, 0.25) is 5.89 Å². The van der Waals surface area contributed by atoms with Crippen molar-refractivity contribution in [2.45, 2.75) is 26.1 Å². The minimum atomic E-state index is 0.0941. The third-order valence-electron chi connectivity index (χ3n) is 3.85. The van der Waals surface area contributed by atoms with Gasteiger partial charge in [0.05, 0.1) is 17.5 Å². The number of rotatable bonds is 3. The third kappa shape index (κ3) is 2.28. The van der Waals surface area contributed by atoms with Crippen LogP contribution in [0.3, 0.4) is 0 Å². The first kappa shape index (κ1) is 12.7. The molecule has 0 unspecified atom stereocenters. The van der Waals surface area contributed by atoms with E-state index in [1.807, 2.05) is 29.9 Å². The monoisotopic (exact) mass is 301 g/mol. The van der Waals surface area contributed by atoms with E-state index in [1.54, 1.807) is 11.3 Å². The van der Waals surface area contributed by atoms with Crippen LogP contribution in [0, 0.1) is 0 Å². The Labute approximate surface area is 126 Å². The highest BCUT2D eigenvalue weighted by Crippen LogP contribution is 2.28. The molecule has 0 N–H and O–H groups in total. The smallest absolute Gasteiger partial charge is 0.257 e. The van der Waals surface area contributed by atoms with Gasteiger partial charge >= 0.3 is 0 Å². The fraction of sp³-hybridized carbons (Fsp3) is 0.357. The van der Waals surface area contributed by atoms with E-state index in [0.29, 0.717) is 11.8 Å². The molecule has 1 atom stereocenters. The van der Waals surface area contributed by atoms with Crippen molar-refractivity contribution in [1.82, 2.24) is 24.6 Å². The van der Waals surface area contributed by atoms with E-state index in [1.165, 1.54) is 0 Å². The highest BCUT2D eigenvalue weighted by molar-refractivity contribution is 7.13. The van der Waals surface area contributed by atoms with Crippen molar-refractivity contribution in [1.29, 1.82) is 0 Å². The van der Waals surface area contributed by atoms with E-state index in [0.717, 1.165) is 30.3 Å². The summed E-state index contributed by atoms with van der Waals surface area (Å²) < 4.78 is 8.02. The molecule has 7 heteroatoms. The zero-order valence-electron chi connectivity index (χ0n) is 11.6. The van der Waals surface area contributed by atoms with E-state index >= 15 is 0 Å². The lowest BCUT2D eigenvalue weighted by Gasteiger charge is -2.30. The second-order valence-electron chi connectivity index (χ2n) is 5.11. The molecule has 0 aromatic carbocycles. The first-order chi connectivity index (χ1) is 10.3. The van der Waals surface area contributed by atoms with E-state index in [-0.39, 0.29) is 6.04 Å². The summed E-state index contributed by atoms with van der Waals surface area (Å²) in [5, 5.41) is 10.4. The molecule has 0 amide bonds. The van der Waals surface area contributed by atoms with Gasteiger partial charge in [0, 0.05) is 25.5 Å². The van der Waals surface area contributed by atoms with Crippen LogP contribution in [-0.4, -0.2) is 31.2 Å². The van der Waals surface area contributed by atoms with Gasteiger partial charge in [-0.1, -0.05) is 6.07 Å². The Morgan fingerprint density at radius 1 is 1.33 bits per heavy atom. The molecule has 3 aromatic rings. The molecular formula is C14H15N5OS. The van der Waals surface area contributed by atoms with Gasteiger partial charge in [0.15, 0.2) is 0 Å². The maximum absolute atomic E-state index is 5.83. The average molecular weight is 301 g/mol. The largest absolute Gasteiger partial charge is 0.418 e. The van der Waals surface area contributed by atoms with Crippen molar-refractivity contribution in [3.63, 3.8) is 0 Å². The number of nitrogens with zero attached hydrogens (tertiary/aromatic N) is 5. The molecular weight excluding hydrogens is 286 g/mol. The molecule has 4 rings (SSSR count). The van der Waals surface area contributed by atoms with Crippen molar-refractivity contribution in [3.8, 4) is 10.8 Å². The number of fused-ring (bicyclic) bond motifs is 1.